The summed E-state index contributed by atoms with van der Waals surface area (Å²) in [4.78, 5) is 16.4. The molecule has 5 heteroatoms. The normalized spacial score (nSPS) is 15.5. The predicted molar refractivity (Wildman–Crippen MR) is 89.9 cm³/mol. The lowest BCUT2D eigenvalue weighted by Crippen LogP contribution is -2.30. The summed E-state index contributed by atoms with van der Waals surface area (Å²) in [6.45, 7) is 2.37. The van der Waals surface area contributed by atoms with Crippen LogP contribution in [-0.4, -0.2) is 30.5 Å². The number of aromatic nitrogens is 1. The number of anilines is 1. The van der Waals surface area contributed by atoms with Gasteiger partial charge in [-0.2, -0.15) is 0 Å². The molecule has 0 saturated heterocycles. The second-order valence-electron chi connectivity index (χ2n) is 6.07. The van der Waals surface area contributed by atoms with Crippen LogP contribution >= 0.6 is 0 Å². The van der Waals surface area contributed by atoms with Gasteiger partial charge in [-0.15, -0.1) is 0 Å². The molecule has 2 rings (SSSR count). The van der Waals surface area contributed by atoms with Crippen molar-refractivity contribution in [2.75, 3.05) is 25.0 Å². The summed E-state index contributed by atoms with van der Waals surface area (Å²) < 4.78 is 0. The van der Waals surface area contributed by atoms with Crippen molar-refractivity contribution in [3.05, 3.63) is 23.9 Å². The Hall–Kier alpha value is -1.62. The molecule has 1 amide bonds. The van der Waals surface area contributed by atoms with E-state index in [1.807, 2.05) is 12.1 Å². The van der Waals surface area contributed by atoms with Gasteiger partial charge in [0.2, 0.25) is 0 Å². The van der Waals surface area contributed by atoms with E-state index in [1.165, 1.54) is 32.1 Å². The topological polar surface area (TPSA) is 80.0 Å². The van der Waals surface area contributed by atoms with Gasteiger partial charge >= 0.3 is 0 Å². The Balaban J connectivity index is 1.73. The third-order valence-corrected chi connectivity index (χ3v) is 4.24. The van der Waals surface area contributed by atoms with E-state index in [9.17, 15) is 4.79 Å². The summed E-state index contributed by atoms with van der Waals surface area (Å²) in [6.07, 6.45) is 10.1. The maximum atomic E-state index is 12.1. The van der Waals surface area contributed by atoms with Crippen molar-refractivity contribution in [2.45, 2.75) is 44.9 Å². The van der Waals surface area contributed by atoms with E-state index in [0.717, 1.165) is 38.3 Å². The number of nitrogens with one attached hydrogen (secondary N) is 2. The average molecular weight is 304 g/mol. The van der Waals surface area contributed by atoms with E-state index in [2.05, 4.69) is 15.6 Å². The number of carbonyl (C=O) groups is 1. The van der Waals surface area contributed by atoms with E-state index >= 15 is 0 Å². The molecule has 1 saturated carbocycles. The van der Waals surface area contributed by atoms with Gasteiger partial charge < -0.3 is 16.4 Å². The van der Waals surface area contributed by atoms with Crippen LogP contribution in [0.3, 0.4) is 0 Å². The Labute approximate surface area is 133 Å². The van der Waals surface area contributed by atoms with Gasteiger partial charge in [0.1, 0.15) is 5.82 Å². The lowest BCUT2D eigenvalue weighted by molar-refractivity contribution is 0.0943. The zero-order valence-electron chi connectivity index (χ0n) is 13.3. The maximum absolute atomic E-state index is 12.1. The highest BCUT2D eigenvalue weighted by atomic mass is 16.1. The molecule has 0 atom stereocenters. The third kappa shape index (κ3) is 5.64. The zero-order chi connectivity index (χ0) is 15.6. The molecule has 1 aliphatic rings. The Morgan fingerprint density at radius 3 is 2.73 bits per heavy atom. The Morgan fingerprint density at radius 1 is 1.23 bits per heavy atom. The summed E-state index contributed by atoms with van der Waals surface area (Å²) in [5, 5.41) is 6.27. The van der Waals surface area contributed by atoms with Crippen molar-refractivity contribution in [2.24, 2.45) is 11.7 Å². The SMILES string of the molecule is NCCCCNc1ccc(C(=O)NCC2CCCCC2)cn1. The molecule has 0 aliphatic heterocycles. The lowest BCUT2D eigenvalue weighted by Gasteiger charge is -2.21. The van der Waals surface area contributed by atoms with Gasteiger partial charge in [-0.05, 0) is 50.3 Å². The molecule has 22 heavy (non-hydrogen) atoms. The van der Waals surface area contributed by atoms with Gasteiger partial charge in [0.15, 0.2) is 0 Å². The molecule has 1 aromatic rings. The van der Waals surface area contributed by atoms with Crippen LogP contribution in [0.5, 0.6) is 0 Å². The fraction of sp³-hybridized carbons (Fsp3) is 0.647. The second kappa shape index (κ2) is 9.41. The number of pyridine rings is 1. The molecule has 1 aliphatic carbocycles. The highest BCUT2D eigenvalue weighted by Gasteiger charge is 2.14. The van der Waals surface area contributed by atoms with Crippen LogP contribution in [0, 0.1) is 5.92 Å². The minimum atomic E-state index is -0.0206. The highest BCUT2D eigenvalue weighted by molar-refractivity contribution is 5.94. The van der Waals surface area contributed by atoms with Gasteiger partial charge in [0.05, 0.1) is 5.56 Å². The molecule has 1 aromatic heterocycles. The number of hydrogen-bond donors (Lipinski definition) is 3. The van der Waals surface area contributed by atoms with Gasteiger partial charge in [0.25, 0.3) is 5.91 Å². The highest BCUT2D eigenvalue weighted by Crippen LogP contribution is 2.22. The summed E-state index contributed by atoms with van der Waals surface area (Å²) >= 11 is 0. The van der Waals surface area contributed by atoms with Crippen LogP contribution < -0.4 is 16.4 Å². The largest absolute Gasteiger partial charge is 0.370 e. The monoisotopic (exact) mass is 304 g/mol. The number of nitrogens with zero attached hydrogens (tertiary/aromatic N) is 1. The van der Waals surface area contributed by atoms with Crippen molar-refractivity contribution in [1.82, 2.24) is 10.3 Å². The van der Waals surface area contributed by atoms with Crippen molar-refractivity contribution in [3.63, 3.8) is 0 Å². The number of hydrogen-bond acceptors (Lipinski definition) is 4. The van der Waals surface area contributed by atoms with Gasteiger partial charge in [-0.25, -0.2) is 4.98 Å². The van der Waals surface area contributed by atoms with E-state index in [0.29, 0.717) is 11.5 Å². The quantitative estimate of drug-likeness (QED) is 0.645. The van der Waals surface area contributed by atoms with Crippen molar-refractivity contribution in [3.8, 4) is 0 Å². The molecule has 0 radical (unpaired) electrons. The number of nitrogens with two attached hydrogens (primary N) is 1. The summed E-state index contributed by atoms with van der Waals surface area (Å²) in [5.41, 5.74) is 6.08. The third-order valence-electron chi connectivity index (χ3n) is 4.24. The molecule has 1 heterocycles. The first-order valence-electron chi connectivity index (χ1n) is 8.48. The average Bonchev–Trinajstić information content (AvgIpc) is 2.58. The number of unbranched alkanes of at least 4 members (excludes halogenated alkanes) is 1. The van der Waals surface area contributed by atoms with Crippen LogP contribution in [-0.2, 0) is 0 Å². The van der Waals surface area contributed by atoms with E-state index in [1.54, 1.807) is 6.20 Å². The van der Waals surface area contributed by atoms with Crippen molar-refractivity contribution < 1.29 is 4.79 Å². The first kappa shape index (κ1) is 16.7. The molecular formula is C17H28N4O. The first-order chi connectivity index (χ1) is 10.8. The number of rotatable bonds is 8. The Morgan fingerprint density at radius 2 is 2.05 bits per heavy atom. The van der Waals surface area contributed by atoms with E-state index in [-0.39, 0.29) is 5.91 Å². The van der Waals surface area contributed by atoms with Crippen molar-refractivity contribution in [1.29, 1.82) is 0 Å². The minimum absolute atomic E-state index is 0.0206. The van der Waals surface area contributed by atoms with Crippen molar-refractivity contribution >= 4 is 11.7 Å². The van der Waals surface area contributed by atoms with Crippen LogP contribution in [0.1, 0.15) is 55.3 Å². The van der Waals surface area contributed by atoms with Crippen LogP contribution in [0.2, 0.25) is 0 Å². The predicted octanol–water partition coefficient (Wildman–Crippen LogP) is 2.54. The number of carbonyl (C=O) groups excluding carboxylic acids is 1. The Kier molecular flexibility index (Phi) is 7.16. The molecule has 5 nitrogen and oxygen atoms in total. The molecule has 1 fully saturated rings. The fourth-order valence-electron chi connectivity index (χ4n) is 2.85. The summed E-state index contributed by atoms with van der Waals surface area (Å²) in [6, 6.07) is 3.69. The standard InChI is InChI=1S/C17H28N4O/c18-10-4-5-11-19-16-9-8-15(13-20-16)17(22)21-12-14-6-2-1-3-7-14/h8-9,13-14H,1-7,10-12,18H2,(H,19,20)(H,21,22). The minimum Gasteiger partial charge on any atom is -0.370 e. The summed E-state index contributed by atoms with van der Waals surface area (Å²) in [5.74, 6) is 1.43. The smallest absolute Gasteiger partial charge is 0.252 e. The first-order valence-corrected chi connectivity index (χ1v) is 8.48. The van der Waals surface area contributed by atoms with Gasteiger partial charge in [-0.1, -0.05) is 19.3 Å². The number of amides is 1. The second-order valence-corrected chi connectivity index (χ2v) is 6.07. The molecule has 0 bridgehead atoms. The molecule has 0 aromatic carbocycles. The Bertz CT molecular complexity index is 440. The fourth-order valence-corrected chi connectivity index (χ4v) is 2.85. The van der Waals surface area contributed by atoms with Gasteiger partial charge in [-0.3, -0.25) is 4.79 Å². The zero-order valence-corrected chi connectivity index (χ0v) is 13.3. The molecular weight excluding hydrogens is 276 g/mol. The molecule has 4 N–H and O–H groups in total. The van der Waals surface area contributed by atoms with Crippen LogP contribution in [0.4, 0.5) is 5.82 Å². The lowest BCUT2D eigenvalue weighted by atomic mass is 9.89. The molecule has 0 spiro atoms. The van der Waals surface area contributed by atoms with E-state index in [4.69, 9.17) is 5.73 Å². The van der Waals surface area contributed by atoms with Crippen LogP contribution in [0.25, 0.3) is 0 Å². The van der Waals surface area contributed by atoms with Gasteiger partial charge in [0, 0.05) is 19.3 Å². The molecule has 0 unspecified atom stereocenters. The maximum Gasteiger partial charge on any atom is 0.252 e. The van der Waals surface area contributed by atoms with Crippen LogP contribution in [0.15, 0.2) is 18.3 Å². The summed E-state index contributed by atoms with van der Waals surface area (Å²) in [7, 11) is 0. The van der Waals surface area contributed by atoms with E-state index < -0.39 is 0 Å². The molecule has 122 valence electrons.